The van der Waals surface area contributed by atoms with E-state index in [4.69, 9.17) is 9.47 Å². The van der Waals surface area contributed by atoms with Crippen LogP contribution in [-0.4, -0.2) is 61.8 Å². The van der Waals surface area contributed by atoms with Crippen molar-refractivity contribution in [2.24, 2.45) is 0 Å². The first-order chi connectivity index (χ1) is 13.7. The maximum absolute atomic E-state index is 12.2. The van der Waals surface area contributed by atoms with E-state index < -0.39 is 0 Å². The second kappa shape index (κ2) is 13.3. The molecule has 2 rings (SSSR count). The molecule has 0 N–H and O–H groups in total. The topological polar surface area (TPSA) is 42.0 Å². The molecule has 0 atom stereocenters. The minimum Gasteiger partial charge on any atom is -0.445 e. The molecule has 1 aromatic rings. The van der Waals surface area contributed by atoms with Crippen LogP contribution in [-0.2, 0) is 16.1 Å². The van der Waals surface area contributed by atoms with E-state index >= 15 is 0 Å². The average Bonchev–Trinajstić information content (AvgIpc) is 2.72. The highest BCUT2D eigenvalue weighted by molar-refractivity contribution is 5.67. The van der Waals surface area contributed by atoms with Gasteiger partial charge in [-0.3, -0.25) is 0 Å². The van der Waals surface area contributed by atoms with Crippen molar-refractivity contribution in [3.05, 3.63) is 48.6 Å². The number of nitrogens with zero attached hydrogens (tertiary/aromatic N) is 2. The van der Waals surface area contributed by atoms with Gasteiger partial charge < -0.3 is 19.3 Å². The normalized spacial score (nSPS) is 15.0. The van der Waals surface area contributed by atoms with Crippen LogP contribution >= 0.6 is 0 Å². The fourth-order valence-electron chi connectivity index (χ4n) is 3.41. The van der Waals surface area contributed by atoms with Crippen LogP contribution in [0.5, 0.6) is 0 Å². The molecule has 28 heavy (non-hydrogen) atoms. The van der Waals surface area contributed by atoms with Gasteiger partial charge in [-0.25, -0.2) is 4.79 Å². The molecule has 0 saturated carbocycles. The summed E-state index contributed by atoms with van der Waals surface area (Å²) in [5.74, 6) is 0. The maximum atomic E-state index is 12.2. The average molecular weight is 389 g/mol. The zero-order chi connectivity index (χ0) is 20.0. The molecule has 1 amide bonds. The molecule has 1 fully saturated rings. The summed E-state index contributed by atoms with van der Waals surface area (Å²) in [6, 6.07) is 9.79. The second-order valence-corrected chi connectivity index (χ2v) is 7.56. The van der Waals surface area contributed by atoms with E-state index in [9.17, 15) is 4.79 Å². The zero-order valence-electron chi connectivity index (χ0n) is 17.4. The first-order valence-electron chi connectivity index (χ1n) is 10.6. The molecule has 0 aromatic heterocycles. The summed E-state index contributed by atoms with van der Waals surface area (Å²) >= 11 is 0. The Balaban J connectivity index is 1.48. The molecule has 1 heterocycles. The molecule has 156 valence electrons. The molecule has 1 aromatic carbocycles. The van der Waals surface area contributed by atoms with Gasteiger partial charge in [-0.15, -0.1) is 6.58 Å². The smallest absolute Gasteiger partial charge is 0.410 e. The Morgan fingerprint density at radius 3 is 2.61 bits per heavy atom. The quantitative estimate of drug-likeness (QED) is 0.391. The molecule has 0 spiro atoms. The van der Waals surface area contributed by atoms with Crippen molar-refractivity contribution >= 4 is 6.09 Å². The molecule has 0 bridgehead atoms. The van der Waals surface area contributed by atoms with Gasteiger partial charge in [0.15, 0.2) is 0 Å². The van der Waals surface area contributed by atoms with Gasteiger partial charge in [-0.2, -0.15) is 0 Å². The third-order valence-electron chi connectivity index (χ3n) is 5.13. The Morgan fingerprint density at radius 1 is 1.18 bits per heavy atom. The predicted octanol–water partition coefficient (Wildman–Crippen LogP) is 4.48. The molecule has 1 saturated heterocycles. The Kier molecular flexibility index (Phi) is 10.7. The number of hydrogen-bond donors (Lipinski definition) is 0. The fraction of sp³-hybridized carbons (Fsp3) is 0.609. The van der Waals surface area contributed by atoms with Gasteiger partial charge in [0.2, 0.25) is 0 Å². The number of likely N-dealkylation sites (N-methyl/N-ethyl adjacent to an activating group) is 1. The van der Waals surface area contributed by atoms with Crippen molar-refractivity contribution in [1.29, 1.82) is 0 Å². The lowest BCUT2D eigenvalue weighted by Crippen LogP contribution is -2.41. The monoisotopic (exact) mass is 388 g/mol. The van der Waals surface area contributed by atoms with Crippen molar-refractivity contribution in [1.82, 2.24) is 9.80 Å². The summed E-state index contributed by atoms with van der Waals surface area (Å²) in [5.41, 5.74) is 1.02. The van der Waals surface area contributed by atoms with E-state index in [0.29, 0.717) is 19.7 Å². The van der Waals surface area contributed by atoms with Crippen LogP contribution in [0.2, 0.25) is 0 Å². The standard InChI is InChI=1S/C23H36N2O3/c1-3-15-24(2)16-9-4-5-10-19-27-22-13-17-25(18-14-22)23(26)28-20-21-11-7-6-8-12-21/h3,6-8,11-12,22H,1,4-5,9-10,13-20H2,2H3. The van der Waals surface area contributed by atoms with E-state index in [-0.39, 0.29) is 12.2 Å². The highest BCUT2D eigenvalue weighted by atomic mass is 16.6. The molecule has 0 unspecified atom stereocenters. The molecule has 5 nitrogen and oxygen atoms in total. The lowest BCUT2D eigenvalue weighted by molar-refractivity contribution is 0.00346. The minimum atomic E-state index is -0.219. The lowest BCUT2D eigenvalue weighted by atomic mass is 10.1. The van der Waals surface area contributed by atoms with E-state index in [0.717, 1.165) is 44.5 Å². The van der Waals surface area contributed by atoms with Crippen LogP contribution in [0.25, 0.3) is 0 Å². The third kappa shape index (κ3) is 8.89. The van der Waals surface area contributed by atoms with Gasteiger partial charge in [-0.05, 0) is 44.8 Å². The summed E-state index contributed by atoms with van der Waals surface area (Å²) in [6.07, 6.45) is 8.60. The third-order valence-corrected chi connectivity index (χ3v) is 5.13. The van der Waals surface area contributed by atoms with Gasteiger partial charge in [0.25, 0.3) is 0 Å². The molecule has 1 aliphatic heterocycles. The van der Waals surface area contributed by atoms with Crippen molar-refractivity contribution in [3.8, 4) is 0 Å². The van der Waals surface area contributed by atoms with E-state index in [1.807, 2.05) is 36.4 Å². The molecule has 5 heteroatoms. The number of benzene rings is 1. The highest BCUT2D eigenvalue weighted by Gasteiger charge is 2.24. The molecular weight excluding hydrogens is 352 g/mol. The predicted molar refractivity (Wildman–Crippen MR) is 113 cm³/mol. The summed E-state index contributed by atoms with van der Waals surface area (Å²) in [5, 5.41) is 0. The number of ether oxygens (including phenoxy) is 2. The summed E-state index contributed by atoms with van der Waals surface area (Å²) < 4.78 is 11.4. The number of piperidine rings is 1. The van der Waals surface area contributed by atoms with Crippen LogP contribution in [0, 0.1) is 0 Å². The van der Waals surface area contributed by atoms with Crippen molar-refractivity contribution in [2.45, 2.75) is 51.2 Å². The first-order valence-corrected chi connectivity index (χ1v) is 10.6. The number of carbonyl (C=O) groups is 1. The Labute approximate surface area is 170 Å². The van der Waals surface area contributed by atoms with Crippen molar-refractivity contribution in [2.75, 3.05) is 39.8 Å². The SMILES string of the molecule is C=CCN(C)CCCCCCOC1CCN(C(=O)OCc2ccccc2)CC1. The number of carbonyl (C=O) groups excluding carboxylic acids is 1. The van der Waals surface area contributed by atoms with E-state index in [1.54, 1.807) is 4.90 Å². The Morgan fingerprint density at radius 2 is 1.89 bits per heavy atom. The van der Waals surface area contributed by atoms with Crippen molar-refractivity contribution in [3.63, 3.8) is 0 Å². The minimum absolute atomic E-state index is 0.219. The highest BCUT2D eigenvalue weighted by Crippen LogP contribution is 2.16. The van der Waals surface area contributed by atoms with Crippen LogP contribution in [0.15, 0.2) is 43.0 Å². The Bertz CT molecular complexity index is 556. The van der Waals surface area contributed by atoms with Crippen LogP contribution in [0.4, 0.5) is 4.79 Å². The van der Waals surface area contributed by atoms with Crippen LogP contribution < -0.4 is 0 Å². The molecular formula is C23H36N2O3. The zero-order valence-corrected chi connectivity index (χ0v) is 17.4. The molecule has 1 aliphatic rings. The number of amides is 1. The second-order valence-electron chi connectivity index (χ2n) is 7.56. The molecule has 0 radical (unpaired) electrons. The maximum Gasteiger partial charge on any atom is 0.410 e. The summed E-state index contributed by atoms with van der Waals surface area (Å²) in [6.45, 7) is 8.44. The van der Waals surface area contributed by atoms with Crippen LogP contribution in [0.1, 0.15) is 44.1 Å². The van der Waals surface area contributed by atoms with E-state index in [1.165, 1.54) is 19.3 Å². The number of hydrogen-bond acceptors (Lipinski definition) is 4. The number of likely N-dealkylation sites (tertiary alicyclic amines) is 1. The number of rotatable bonds is 12. The Hall–Kier alpha value is -1.85. The van der Waals surface area contributed by atoms with Crippen molar-refractivity contribution < 1.29 is 14.3 Å². The lowest BCUT2D eigenvalue weighted by Gasteiger charge is -2.31. The first kappa shape index (κ1) is 22.4. The fourth-order valence-corrected chi connectivity index (χ4v) is 3.41. The van der Waals surface area contributed by atoms with Gasteiger partial charge in [-0.1, -0.05) is 49.2 Å². The van der Waals surface area contributed by atoms with Gasteiger partial charge >= 0.3 is 6.09 Å². The van der Waals surface area contributed by atoms with E-state index in [2.05, 4.69) is 18.5 Å². The number of unbranched alkanes of at least 4 members (excludes halogenated alkanes) is 3. The van der Waals surface area contributed by atoms with Gasteiger partial charge in [0.05, 0.1) is 6.10 Å². The van der Waals surface area contributed by atoms with Crippen LogP contribution in [0.3, 0.4) is 0 Å². The summed E-state index contributed by atoms with van der Waals surface area (Å²) in [4.78, 5) is 16.3. The molecule has 0 aliphatic carbocycles. The largest absolute Gasteiger partial charge is 0.445 e. The van der Waals surface area contributed by atoms with Gasteiger partial charge in [0.1, 0.15) is 6.61 Å². The summed E-state index contributed by atoms with van der Waals surface area (Å²) in [7, 11) is 2.13. The van der Waals surface area contributed by atoms with Gasteiger partial charge in [0, 0.05) is 26.2 Å².